The lowest BCUT2D eigenvalue weighted by atomic mass is 10.0. The summed E-state index contributed by atoms with van der Waals surface area (Å²) in [6.45, 7) is 0. The minimum absolute atomic E-state index is 0.403. The molecule has 1 unspecified atom stereocenters. The maximum absolute atomic E-state index is 10.3. The first kappa shape index (κ1) is 13.5. The highest BCUT2D eigenvalue weighted by Gasteiger charge is 2.23. The molecule has 1 aliphatic rings. The van der Waals surface area contributed by atoms with Gasteiger partial charge in [0.2, 0.25) is 0 Å². The van der Waals surface area contributed by atoms with Crippen LogP contribution in [0.5, 0.6) is 5.75 Å². The lowest BCUT2D eigenvalue weighted by molar-refractivity contribution is 0.178. The third kappa shape index (κ3) is 3.53. The molecule has 1 saturated carbocycles. The largest absolute Gasteiger partial charge is 0.490 e. The Balaban J connectivity index is 1.63. The monoisotopic (exact) mass is 288 g/mol. The summed E-state index contributed by atoms with van der Waals surface area (Å²) in [6.07, 6.45) is 2.79. The molecule has 20 heavy (non-hydrogen) atoms. The molecule has 0 aliphatic heterocycles. The maximum atomic E-state index is 10.3. The van der Waals surface area contributed by atoms with Crippen LogP contribution in [0.3, 0.4) is 0 Å². The van der Waals surface area contributed by atoms with Crippen molar-refractivity contribution in [3.63, 3.8) is 0 Å². The molecule has 0 amide bonds. The molecule has 0 aromatic heterocycles. The van der Waals surface area contributed by atoms with E-state index in [1.807, 2.05) is 48.5 Å². The van der Waals surface area contributed by atoms with Crippen LogP contribution in [-0.2, 0) is 6.42 Å². The first-order chi connectivity index (χ1) is 9.70. The lowest BCUT2D eigenvalue weighted by Crippen LogP contribution is -2.02. The smallest absolute Gasteiger partial charge is 0.119 e. The molecule has 2 aromatic carbocycles. The molecule has 0 bridgehead atoms. The van der Waals surface area contributed by atoms with E-state index in [0.717, 1.165) is 29.7 Å². The van der Waals surface area contributed by atoms with Gasteiger partial charge >= 0.3 is 0 Å². The average molecular weight is 289 g/mol. The summed E-state index contributed by atoms with van der Waals surface area (Å²) in [5.74, 6) is 0.884. The summed E-state index contributed by atoms with van der Waals surface area (Å²) in [6, 6.07) is 15.3. The van der Waals surface area contributed by atoms with Gasteiger partial charge in [0.1, 0.15) is 5.75 Å². The Morgan fingerprint density at radius 1 is 1.05 bits per heavy atom. The van der Waals surface area contributed by atoms with Crippen molar-refractivity contribution < 1.29 is 9.84 Å². The zero-order valence-corrected chi connectivity index (χ0v) is 11.9. The number of aliphatic hydroxyl groups is 1. The van der Waals surface area contributed by atoms with Gasteiger partial charge in [0, 0.05) is 11.4 Å². The van der Waals surface area contributed by atoms with Gasteiger partial charge in [0.25, 0.3) is 0 Å². The van der Waals surface area contributed by atoms with Crippen molar-refractivity contribution in [2.75, 3.05) is 0 Å². The van der Waals surface area contributed by atoms with Crippen molar-refractivity contribution in [3.05, 3.63) is 64.7 Å². The van der Waals surface area contributed by atoms with Crippen molar-refractivity contribution in [2.45, 2.75) is 31.5 Å². The van der Waals surface area contributed by atoms with Crippen molar-refractivity contribution >= 4 is 11.6 Å². The number of rotatable bonds is 5. The van der Waals surface area contributed by atoms with Crippen molar-refractivity contribution in [1.82, 2.24) is 0 Å². The molecule has 1 atom stereocenters. The Labute approximate surface area is 124 Å². The molecule has 1 N–H and O–H groups in total. The molecule has 0 spiro atoms. The summed E-state index contributed by atoms with van der Waals surface area (Å²) in [4.78, 5) is 0. The van der Waals surface area contributed by atoms with Crippen molar-refractivity contribution in [2.24, 2.45) is 0 Å². The maximum Gasteiger partial charge on any atom is 0.119 e. The van der Waals surface area contributed by atoms with Crippen molar-refractivity contribution in [3.8, 4) is 5.75 Å². The Morgan fingerprint density at radius 3 is 2.30 bits per heavy atom. The number of aliphatic hydroxyl groups excluding tert-OH is 1. The first-order valence-corrected chi connectivity index (χ1v) is 7.27. The van der Waals surface area contributed by atoms with E-state index in [1.165, 1.54) is 0 Å². The normalized spacial score (nSPS) is 15.9. The third-order valence-electron chi connectivity index (χ3n) is 3.43. The summed E-state index contributed by atoms with van der Waals surface area (Å²) < 4.78 is 5.70. The van der Waals surface area contributed by atoms with E-state index in [9.17, 15) is 5.11 Å². The van der Waals surface area contributed by atoms with Crippen LogP contribution in [0.1, 0.15) is 30.1 Å². The molecule has 104 valence electrons. The predicted molar refractivity (Wildman–Crippen MR) is 80.2 cm³/mol. The van der Waals surface area contributed by atoms with Gasteiger partial charge in [-0.15, -0.1) is 0 Å². The second-order valence-electron chi connectivity index (χ2n) is 5.23. The fraction of sp³-hybridized carbons (Fsp3) is 0.294. The predicted octanol–water partition coefficient (Wildman–Crippen LogP) is 4.16. The summed E-state index contributed by atoms with van der Waals surface area (Å²) in [7, 11) is 0. The second kappa shape index (κ2) is 5.86. The summed E-state index contributed by atoms with van der Waals surface area (Å²) >= 11 is 5.85. The highest BCUT2D eigenvalue weighted by Crippen LogP contribution is 2.28. The molecule has 2 aromatic rings. The molecular formula is C17H17ClO2. The Kier molecular flexibility index (Phi) is 3.95. The third-order valence-corrected chi connectivity index (χ3v) is 3.69. The molecule has 3 heteroatoms. The Bertz CT molecular complexity index is 559. The Hall–Kier alpha value is -1.51. The standard InChI is InChI=1S/C17H17ClO2/c18-14-5-1-12(2-6-14)11-17(19)13-3-7-15(8-4-13)20-16-9-10-16/h1-8,16-17,19H,9-11H2. The minimum Gasteiger partial charge on any atom is -0.490 e. The minimum atomic E-state index is -0.508. The molecule has 1 fully saturated rings. The molecular weight excluding hydrogens is 272 g/mol. The summed E-state index contributed by atoms with van der Waals surface area (Å²) in [5.41, 5.74) is 1.98. The van der Waals surface area contributed by atoms with Gasteiger partial charge in [-0.05, 0) is 48.2 Å². The van der Waals surface area contributed by atoms with Crippen LogP contribution in [0.2, 0.25) is 5.02 Å². The van der Waals surface area contributed by atoms with Crippen LogP contribution in [0, 0.1) is 0 Å². The van der Waals surface area contributed by atoms with Gasteiger partial charge < -0.3 is 9.84 Å². The van der Waals surface area contributed by atoms with Gasteiger partial charge in [0.15, 0.2) is 0 Å². The average Bonchev–Trinajstić information content (AvgIpc) is 3.26. The molecule has 0 heterocycles. The molecule has 0 saturated heterocycles. The van der Waals surface area contributed by atoms with E-state index >= 15 is 0 Å². The van der Waals surface area contributed by atoms with Crippen LogP contribution in [0.4, 0.5) is 0 Å². The topological polar surface area (TPSA) is 29.5 Å². The van der Waals surface area contributed by atoms with Gasteiger partial charge in [0.05, 0.1) is 12.2 Å². The van der Waals surface area contributed by atoms with E-state index in [-0.39, 0.29) is 0 Å². The van der Waals surface area contributed by atoms with Crippen LogP contribution < -0.4 is 4.74 Å². The molecule has 3 rings (SSSR count). The highest BCUT2D eigenvalue weighted by atomic mass is 35.5. The van der Waals surface area contributed by atoms with E-state index in [4.69, 9.17) is 16.3 Å². The van der Waals surface area contributed by atoms with E-state index in [2.05, 4.69) is 0 Å². The fourth-order valence-electron chi connectivity index (χ4n) is 2.11. The summed E-state index contributed by atoms with van der Waals surface area (Å²) in [5, 5.41) is 11.0. The first-order valence-electron chi connectivity index (χ1n) is 6.90. The Morgan fingerprint density at radius 2 is 1.70 bits per heavy atom. The lowest BCUT2D eigenvalue weighted by Gasteiger charge is -2.12. The van der Waals surface area contributed by atoms with Crippen LogP contribution in [0.15, 0.2) is 48.5 Å². The molecule has 1 aliphatic carbocycles. The number of benzene rings is 2. The zero-order chi connectivity index (χ0) is 13.9. The number of ether oxygens (including phenoxy) is 1. The SMILES string of the molecule is OC(Cc1ccc(Cl)cc1)c1ccc(OC2CC2)cc1. The van der Waals surface area contributed by atoms with Gasteiger partial charge in [-0.25, -0.2) is 0 Å². The van der Waals surface area contributed by atoms with Gasteiger partial charge in [-0.3, -0.25) is 0 Å². The van der Waals surface area contributed by atoms with Crippen LogP contribution in [0.25, 0.3) is 0 Å². The molecule has 0 radical (unpaired) electrons. The van der Waals surface area contributed by atoms with E-state index in [1.54, 1.807) is 0 Å². The van der Waals surface area contributed by atoms with Gasteiger partial charge in [-0.1, -0.05) is 35.9 Å². The molecule has 2 nitrogen and oxygen atoms in total. The number of hydrogen-bond donors (Lipinski definition) is 1. The fourth-order valence-corrected chi connectivity index (χ4v) is 2.23. The van der Waals surface area contributed by atoms with Crippen molar-refractivity contribution in [1.29, 1.82) is 0 Å². The second-order valence-corrected chi connectivity index (χ2v) is 5.67. The number of halogens is 1. The van der Waals surface area contributed by atoms with E-state index < -0.39 is 6.10 Å². The van der Waals surface area contributed by atoms with Gasteiger partial charge in [-0.2, -0.15) is 0 Å². The zero-order valence-electron chi connectivity index (χ0n) is 11.1. The van der Waals surface area contributed by atoms with E-state index in [0.29, 0.717) is 17.5 Å². The highest BCUT2D eigenvalue weighted by molar-refractivity contribution is 6.30. The number of hydrogen-bond acceptors (Lipinski definition) is 2. The quantitative estimate of drug-likeness (QED) is 0.895. The van der Waals surface area contributed by atoms with Crippen LogP contribution >= 0.6 is 11.6 Å². The van der Waals surface area contributed by atoms with Crippen LogP contribution in [-0.4, -0.2) is 11.2 Å².